The Hall–Kier alpha value is -1.42. The van der Waals surface area contributed by atoms with Crippen LogP contribution in [0, 0.1) is 0 Å². The van der Waals surface area contributed by atoms with Crippen molar-refractivity contribution in [2.75, 3.05) is 19.4 Å². The maximum atomic E-state index is 10.9. The molecule has 0 radical (unpaired) electrons. The van der Waals surface area contributed by atoms with E-state index in [0.717, 1.165) is 0 Å². The van der Waals surface area contributed by atoms with Crippen LogP contribution in [0.3, 0.4) is 0 Å². The highest BCUT2D eigenvalue weighted by molar-refractivity contribution is 6.32. The fourth-order valence-corrected chi connectivity index (χ4v) is 1.34. The molecule has 0 aromatic heterocycles. The van der Waals surface area contributed by atoms with Crippen molar-refractivity contribution in [3.05, 3.63) is 23.2 Å². The monoisotopic (exact) mass is 242 g/mol. The molecular weight excluding hydrogens is 228 g/mol. The Kier molecular flexibility index (Phi) is 4.92. The number of hydrogen-bond acceptors (Lipinski definition) is 3. The van der Waals surface area contributed by atoms with Gasteiger partial charge in [-0.3, -0.25) is 4.79 Å². The van der Waals surface area contributed by atoms with E-state index in [4.69, 9.17) is 22.1 Å². The number of rotatable bonds is 5. The Morgan fingerprint density at radius 2 is 2.31 bits per heavy atom. The van der Waals surface area contributed by atoms with Crippen molar-refractivity contribution in [3.63, 3.8) is 0 Å². The number of benzene rings is 1. The van der Waals surface area contributed by atoms with E-state index in [0.29, 0.717) is 35.9 Å². The van der Waals surface area contributed by atoms with Crippen molar-refractivity contribution in [3.8, 4) is 5.75 Å². The molecule has 3 N–H and O–H groups in total. The summed E-state index contributed by atoms with van der Waals surface area (Å²) in [5.74, 6) is 0.556. The average Bonchev–Trinajstić information content (AvgIpc) is 2.28. The standard InChI is InChI=1S/C11H15ClN2O2/c1-14-11(15)3-2-6-16-10-7-8(13)4-5-9(10)12/h4-5,7H,2-3,6,13H2,1H3,(H,14,15). The first-order valence-corrected chi connectivity index (χ1v) is 5.39. The van der Waals surface area contributed by atoms with E-state index in [-0.39, 0.29) is 5.91 Å². The van der Waals surface area contributed by atoms with Gasteiger partial charge in [-0.2, -0.15) is 0 Å². The minimum atomic E-state index is 0.00210. The number of nitrogens with one attached hydrogen (secondary N) is 1. The summed E-state index contributed by atoms with van der Waals surface area (Å²) in [6.07, 6.45) is 1.08. The van der Waals surface area contributed by atoms with Crippen molar-refractivity contribution >= 4 is 23.2 Å². The van der Waals surface area contributed by atoms with Gasteiger partial charge < -0.3 is 15.8 Å². The third-order valence-electron chi connectivity index (χ3n) is 2.04. The quantitative estimate of drug-likeness (QED) is 0.612. The van der Waals surface area contributed by atoms with Gasteiger partial charge >= 0.3 is 0 Å². The fourth-order valence-electron chi connectivity index (χ4n) is 1.17. The largest absolute Gasteiger partial charge is 0.492 e. The van der Waals surface area contributed by atoms with Crippen LogP contribution in [-0.4, -0.2) is 19.6 Å². The van der Waals surface area contributed by atoms with E-state index < -0.39 is 0 Å². The first-order valence-electron chi connectivity index (χ1n) is 5.02. The second-order valence-electron chi connectivity index (χ2n) is 3.32. The number of anilines is 1. The molecule has 0 aliphatic carbocycles. The molecule has 0 fully saturated rings. The van der Waals surface area contributed by atoms with Crippen LogP contribution in [0.4, 0.5) is 5.69 Å². The highest BCUT2D eigenvalue weighted by Gasteiger charge is 2.03. The van der Waals surface area contributed by atoms with Gasteiger partial charge in [0.05, 0.1) is 11.6 Å². The number of halogens is 1. The van der Waals surface area contributed by atoms with Gasteiger partial charge in [-0.25, -0.2) is 0 Å². The smallest absolute Gasteiger partial charge is 0.219 e. The second kappa shape index (κ2) is 6.23. The Balaban J connectivity index is 2.37. The number of carbonyl (C=O) groups is 1. The zero-order chi connectivity index (χ0) is 12.0. The molecule has 16 heavy (non-hydrogen) atoms. The van der Waals surface area contributed by atoms with Gasteiger partial charge in [-0.15, -0.1) is 0 Å². The topological polar surface area (TPSA) is 64.3 Å². The number of nitrogen functional groups attached to an aromatic ring is 1. The summed E-state index contributed by atoms with van der Waals surface area (Å²) < 4.78 is 5.42. The molecule has 0 heterocycles. The van der Waals surface area contributed by atoms with Crippen molar-refractivity contribution in [1.82, 2.24) is 5.32 Å². The lowest BCUT2D eigenvalue weighted by Crippen LogP contribution is -2.18. The molecular formula is C11H15ClN2O2. The lowest BCUT2D eigenvalue weighted by molar-refractivity contribution is -0.120. The minimum Gasteiger partial charge on any atom is -0.492 e. The number of nitrogens with two attached hydrogens (primary N) is 1. The summed E-state index contributed by atoms with van der Waals surface area (Å²) in [7, 11) is 1.61. The van der Waals surface area contributed by atoms with Crippen LogP contribution in [0.2, 0.25) is 5.02 Å². The SMILES string of the molecule is CNC(=O)CCCOc1cc(N)ccc1Cl. The summed E-state index contributed by atoms with van der Waals surface area (Å²) in [6, 6.07) is 5.06. The van der Waals surface area contributed by atoms with E-state index in [2.05, 4.69) is 5.32 Å². The van der Waals surface area contributed by atoms with E-state index in [1.807, 2.05) is 0 Å². The zero-order valence-corrected chi connectivity index (χ0v) is 9.88. The fraction of sp³-hybridized carbons (Fsp3) is 0.364. The van der Waals surface area contributed by atoms with Crippen molar-refractivity contribution in [2.45, 2.75) is 12.8 Å². The number of hydrogen-bond donors (Lipinski definition) is 2. The van der Waals surface area contributed by atoms with E-state index >= 15 is 0 Å². The summed E-state index contributed by atoms with van der Waals surface area (Å²) in [5, 5.41) is 3.07. The molecule has 0 bridgehead atoms. The van der Waals surface area contributed by atoms with Crippen molar-refractivity contribution < 1.29 is 9.53 Å². The van der Waals surface area contributed by atoms with Crippen LogP contribution in [0.5, 0.6) is 5.75 Å². The van der Waals surface area contributed by atoms with E-state index in [9.17, 15) is 4.79 Å². The number of carbonyl (C=O) groups excluding carboxylic acids is 1. The third kappa shape index (κ3) is 3.98. The first kappa shape index (κ1) is 12.6. The summed E-state index contributed by atoms with van der Waals surface area (Å²) in [6.45, 7) is 0.441. The van der Waals surface area contributed by atoms with Gasteiger partial charge in [-0.05, 0) is 18.6 Å². The average molecular weight is 243 g/mol. The van der Waals surface area contributed by atoms with Gasteiger partial charge in [-0.1, -0.05) is 11.6 Å². The van der Waals surface area contributed by atoms with Crippen LogP contribution in [0.1, 0.15) is 12.8 Å². The van der Waals surface area contributed by atoms with Gasteiger partial charge in [0, 0.05) is 25.2 Å². The van der Waals surface area contributed by atoms with Crippen LogP contribution in [0.25, 0.3) is 0 Å². The first-order chi connectivity index (χ1) is 7.63. The number of amides is 1. The van der Waals surface area contributed by atoms with Crippen LogP contribution < -0.4 is 15.8 Å². The number of ether oxygens (including phenoxy) is 1. The van der Waals surface area contributed by atoms with Gasteiger partial charge in [0.1, 0.15) is 5.75 Å². The molecule has 0 atom stereocenters. The highest BCUT2D eigenvalue weighted by atomic mass is 35.5. The lowest BCUT2D eigenvalue weighted by Gasteiger charge is -2.08. The molecule has 0 aliphatic heterocycles. The van der Waals surface area contributed by atoms with Crippen molar-refractivity contribution in [2.24, 2.45) is 0 Å². The maximum absolute atomic E-state index is 10.9. The molecule has 1 amide bonds. The molecule has 0 spiro atoms. The Morgan fingerprint density at radius 3 is 3.00 bits per heavy atom. The molecule has 0 aliphatic rings. The molecule has 0 saturated carbocycles. The zero-order valence-electron chi connectivity index (χ0n) is 9.13. The Bertz CT molecular complexity index is 369. The summed E-state index contributed by atoms with van der Waals surface area (Å²) in [5.41, 5.74) is 6.20. The molecule has 5 heteroatoms. The molecule has 88 valence electrons. The second-order valence-corrected chi connectivity index (χ2v) is 3.72. The normalized spacial score (nSPS) is 9.88. The van der Waals surface area contributed by atoms with Crippen LogP contribution >= 0.6 is 11.6 Å². The minimum absolute atomic E-state index is 0.00210. The molecule has 1 aromatic carbocycles. The van der Waals surface area contributed by atoms with Crippen molar-refractivity contribution in [1.29, 1.82) is 0 Å². The lowest BCUT2D eigenvalue weighted by atomic mass is 10.3. The maximum Gasteiger partial charge on any atom is 0.219 e. The van der Waals surface area contributed by atoms with Gasteiger partial charge in [0.25, 0.3) is 0 Å². The van der Waals surface area contributed by atoms with Gasteiger partial charge in [0.2, 0.25) is 5.91 Å². The van der Waals surface area contributed by atoms with Gasteiger partial charge in [0.15, 0.2) is 0 Å². The highest BCUT2D eigenvalue weighted by Crippen LogP contribution is 2.26. The molecule has 1 aromatic rings. The Morgan fingerprint density at radius 1 is 1.56 bits per heavy atom. The third-order valence-corrected chi connectivity index (χ3v) is 2.35. The molecule has 4 nitrogen and oxygen atoms in total. The van der Waals surface area contributed by atoms with Crippen LogP contribution in [-0.2, 0) is 4.79 Å². The Labute approximate surface area is 99.7 Å². The molecule has 0 unspecified atom stereocenters. The molecule has 1 rings (SSSR count). The summed E-state index contributed by atoms with van der Waals surface area (Å²) in [4.78, 5) is 10.9. The van der Waals surface area contributed by atoms with Crippen LogP contribution in [0.15, 0.2) is 18.2 Å². The summed E-state index contributed by atoms with van der Waals surface area (Å²) >= 11 is 5.91. The van der Waals surface area contributed by atoms with E-state index in [1.54, 1.807) is 25.2 Å². The predicted molar refractivity (Wildman–Crippen MR) is 64.7 cm³/mol. The van der Waals surface area contributed by atoms with E-state index in [1.165, 1.54) is 0 Å². The molecule has 0 saturated heterocycles. The predicted octanol–water partition coefficient (Wildman–Crippen LogP) is 1.83.